The first-order valence-electron chi connectivity index (χ1n) is 9.28. The number of benzene rings is 2. The smallest absolute Gasteiger partial charge is 0.282 e. The van der Waals surface area contributed by atoms with Gasteiger partial charge in [0.2, 0.25) is 5.91 Å². The third kappa shape index (κ3) is 5.62. The van der Waals surface area contributed by atoms with E-state index in [0.717, 1.165) is 15.8 Å². The van der Waals surface area contributed by atoms with Crippen LogP contribution in [-0.2, 0) is 11.3 Å². The Hall–Kier alpha value is -3.82. The standard InChI is InChI=1S/C21H20F2N4O4/c1-12-4-13(2)6-17(5-12)31-18-9-15(8-16(10-18)27(29)30)24-20(28)11-26-14(3)7-19(25-26)21(22)23/h4-10,21H,11H2,1-3H3,(H,24,28). The lowest BCUT2D eigenvalue weighted by Crippen LogP contribution is -2.20. The summed E-state index contributed by atoms with van der Waals surface area (Å²) >= 11 is 0. The van der Waals surface area contributed by atoms with Crippen molar-refractivity contribution in [3.63, 3.8) is 0 Å². The van der Waals surface area contributed by atoms with Gasteiger partial charge >= 0.3 is 0 Å². The van der Waals surface area contributed by atoms with Crippen LogP contribution in [0, 0.1) is 30.9 Å². The first kappa shape index (κ1) is 21.9. The number of nitrogens with one attached hydrogen (secondary N) is 1. The number of aryl methyl sites for hydroxylation is 3. The number of nitrogens with zero attached hydrogens (tertiary/aromatic N) is 3. The number of ether oxygens (including phenoxy) is 1. The lowest BCUT2D eigenvalue weighted by atomic mass is 10.1. The Kier molecular flexibility index (Phi) is 6.28. The maximum absolute atomic E-state index is 12.8. The molecule has 0 atom stereocenters. The van der Waals surface area contributed by atoms with Crippen molar-refractivity contribution in [3.8, 4) is 11.5 Å². The van der Waals surface area contributed by atoms with Gasteiger partial charge in [-0.15, -0.1) is 0 Å². The van der Waals surface area contributed by atoms with E-state index in [-0.39, 0.29) is 23.7 Å². The molecule has 0 fully saturated rings. The van der Waals surface area contributed by atoms with Gasteiger partial charge in [0.1, 0.15) is 23.7 Å². The predicted octanol–water partition coefficient (Wildman–Crippen LogP) is 5.09. The minimum absolute atomic E-state index is 0.137. The summed E-state index contributed by atoms with van der Waals surface area (Å²) in [6.45, 7) is 5.02. The number of aromatic nitrogens is 2. The Bertz CT molecular complexity index is 1120. The molecule has 0 unspecified atom stereocenters. The van der Waals surface area contributed by atoms with E-state index in [4.69, 9.17) is 4.74 Å². The zero-order valence-corrected chi connectivity index (χ0v) is 17.1. The van der Waals surface area contributed by atoms with E-state index in [1.165, 1.54) is 24.3 Å². The van der Waals surface area contributed by atoms with Crippen LogP contribution in [0.15, 0.2) is 42.5 Å². The molecule has 0 bridgehead atoms. The maximum atomic E-state index is 12.8. The molecule has 0 radical (unpaired) electrons. The van der Waals surface area contributed by atoms with Gasteiger partial charge in [0, 0.05) is 17.8 Å². The molecule has 2 aromatic carbocycles. The second kappa shape index (κ2) is 8.90. The van der Waals surface area contributed by atoms with Crippen LogP contribution in [0.3, 0.4) is 0 Å². The molecule has 0 aliphatic rings. The van der Waals surface area contributed by atoms with Crippen LogP contribution in [0.1, 0.15) is 28.9 Å². The summed E-state index contributed by atoms with van der Waals surface area (Å²) in [4.78, 5) is 23.1. The summed E-state index contributed by atoms with van der Waals surface area (Å²) in [6, 6.07) is 10.6. The highest BCUT2D eigenvalue weighted by Crippen LogP contribution is 2.30. The number of hydrogen-bond donors (Lipinski definition) is 1. The number of amides is 1. The van der Waals surface area contributed by atoms with Crippen LogP contribution in [0.2, 0.25) is 0 Å². The molecule has 0 saturated heterocycles. The maximum Gasteiger partial charge on any atom is 0.282 e. The van der Waals surface area contributed by atoms with E-state index < -0.39 is 22.9 Å². The third-order valence-electron chi connectivity index (χ3n) is 4.33. The highest BCUT2D eigenvalue weighted by molar-refractivity contribution is 5.91. The summed E-state index contributed by atoms with van der Waals surface area (Å²) < 4.78 is 32.5. The first-order chi connectivity index (χ1) is 14.6. The van der Waals surface area contributed by atoms with E-state index in [1.54, 1.807) is 19.1 Å². The SMILES string of the molecule is Cc1cc(C)cc(Oc2cc(NC(=O)Cn3nc(C(F)F)cc3C)cc([N+](=O)[O-])c2)c1. The lowest BCUT2D eigenvalue weighted by Gasteiger charge is -2.11. The minimum atomic E-state index is -2.75. The fourth-order valence-electron chi connectivity index (χ4n) is 3.09. The summed E-state index contributed by atoms with van der Waals surface area (Å²) in [6.07, 6.45) is -2.75. The molecule has 3 aromatic rings. The number of hydrogen-bond acceptors (Lipinski definition) is 5. The van der Waals surface area contributed by atoms with Gasteiger partial charge in [-0.1, -0.05) is 6.07 Å². The van der Waals surface area contributed by atoms with Gasteiger partial charge in [0.05, 0.1) is 16.7 Å². The van der Waals surface area contributed by atoms with Crippen molar-refractivity contribution < 1.29 is 23.2 Å². The molecule has 0 spiro atoms. The molecule has 1 N–H and O–H groups in total. The van der Waals surface area contributed by atoms with Crippen molar-refractivity contribution in [1.82, 2.24) is 9.78 Å². The largest absolute Gasteiger partial charge is 0.457 e. The lowest BCUT2D eigenvalue weighted by molar-refractivity contribution is -0.384. The average Bonchev–Trinajstić information content (AvgIpc) is 3.01. The van der Waals surface area contributed by atoms with Gasteiger partial charge < -0.3 is 10.1 Å². The van der Waals surface area contributed by atoms with E-state index >= 15 is 0 Å². The first-order valence-corrected chi connectivity index (χ1v) is 9.28. The molecule has 0 aliphatic carbocycles. The fraction of sp³-hybridized carbons (Fsp3) is 0.238. The van der Waals surface area contributed by atoms with E-state index in [1.807, 2.05) is 19.9 Å². The van der Waals surface area contributed by atoms with Crippen LogP contribution in [-0.4, -0.2) is 20.6 Å². The molecule has 8 nitrogen and oxygen atoms in total. The molecule has 1 amide bonds. The fourth-order valence-corrected chi connectivity index (χ4v) is 3.09. The van der Waals surface area contributed by atoms with Gasteiger partial charge in [-0.05, 0) is 50.1 Å². The Morgan fingerprint density at radius 1 is 1.10 bits per heavy atom. The number of nitro benzene ring substituents is 1. The number of carbonyl (C=O) groups is 1. The molecule has 10 heteroatoms. The predicted molar refractivity (Wildman–Crippen MR) is 110 cm³/mol. The van der Waals surface area contributed by atoms with Crippen molar-refractivity contribution in [3.05, 3.63) is 75.1 Å². The Morgan fingerprint density at radius 2 is 1.74 bits per heavy atom. The Labute approximate surface area is 176 Å². The van der Waals surface area contributed by atoms with Crippen LogP contribution >= 0.6 is 0 Å². The molecular weight excluding hydrogens is 410 g/mol. The number of carbonyl (C=O) groups excluding carboxylic acids is 1. The van der Waals surface area contributed by atoms with E-state index in [2.05, 4.69) is 10.4 Å². The van der Waals surface area contributed by atoms with Crippen LogP contribution < -0.4 is 10.1 Å². The van der Waals surface area contributed by atoms with Crippen LogP contribution in [0.25, 0.3) is 0 Å². The number of halogens is 2. The van der Waals surface area contributed by atoms with Crippen molar-refractivity contribution in [1.29, 1.82) is 0 Å². The summed E-state index contributed by atoms with van der Waals surface area (Å²) in [5.41, 5.74) is 1.76. The molecule has 31 heavy (non-hydrogen) atoms. The Balaban J connectivity index is 1.81. The number of non-ortho nitro benzene ring substituents is 1. The van der Waals surface area contributed by atoms with Crippen LogP contribution in [0.5, 0.6) is 11.5 Å². The van der Waals surface area contributed by atoms with Crippen LogP contribution in [0.4, 0.5) is 20.2 Å². The summed E-state index contributed by atoms with van der Waals surface area (Å²) in [5.74, 6) is 0.0941. The minimum Gasteiger partial charge on any atom is -0.457 e. The van der Waals surface area contributed by atoms with Gasteiger partial charge in [-0.25, -0.2) is 8.78 Å². The zero-order chi connectivity index (χ0) is 22.7. The average molecular weight is 430 g/mol. The topological polar surface area (TPSA) is 99.3 Å². The van der Waals surface area contributed by atoms with Crippen molar-refractivity contribution in [2.24, 2.45) is 0 Å². The second-order valence-corrected chi connectivity index (χ2v) is 7.12. The zero-order valence-electron chi connectivity index (χ0n) is 17.1. The highest BCUT2D eigenvalue weighted by Gasteiger charge is 2.17. The van der Waals surface area contributed by atoms with Gasteiger partial charge in [-0.2, -0.15) is 5.10 Å². The van der Waals surface area contributed by atoms with Gasteiger partial charge in [0.25, 0.3) is 12.1 Å². The molecule has 0 saturated carbocycles. The number of rotatable bonds is 7. The molecular formula is C21H20F2N4O4. The number of nitro groups is 1. The molecule has 1 aromatic heterocycles. The quantitative estimate of drug-likeness (QED) is 0.416. The monoisotopic (exact) mass is 430 g/mol. The molecule has 3 rings (SSSR count). The van der Waals surface area contributed by atoms with Gasteiger partial charge in [-0.3, -0.25) is 19.6 Å². The molecule has 162 valence electrons. The molecule has 0 aliphatic heterocycles. The molecule has 1 heterocycles. The normalized spacial score (nSPS) is 10.9. The highest BCUT2D eigenvalue weighted by atomic mass is 19.3. The van der Waals surface area contributed by atoms with Gasteiger partial charge in [0.15, 0.2) is 0 Å². The summed E-state index contributed by atoms with van der Waals surface area (Å²) in [5, 5.41) is 17.5. The Morgan fingerprint density at radius 3 is 2.32 bits per heavy atom. The van der Waals surface area contributed by atoms with E-state index in [0.29, 0.717) is 11.4 Å². The second-order valence-electron chi connectivity index (χ2n) is 7.12. The van der Waals surface area contributed by atoms with Crippen molar-refractivity contribution >= 4 is 17.3 Å². The van der Waals surface area contributed by atoms with Crippen molar-refractivity contribution in [2.45, 2.75) is 33.7 Å². The third-order valence-corrected chi connectivity index (χ3v) is 4.33. The number of anilines is 1. The summed E-state index contributed by atoms with van der Waals surface area (Å²) in [7, 11) is 0. The van der Waals surface area contributed by atoms with Crippen molar-refractivity contribution in [2.75, 3.05) is 5.32 Å². The number of alkyl halides is 2. The van der Waals surface area contributed by atoms with E-state index in [9.17, 15) is 23.7 Å².